The molecule has 0 unspecified atom stereocenters. The van der Waals surface area contributed by atoms with Crippen molar-refractivity contribution < 1.29 is 14.5 Å². The van der Waals surface area contributed by atoms with Crippen molar-refractivity contribution in [2.45, 2.75) is 12.8 Å². The van der Waals surface area contributed by atoms with E-state index in [9.17, 15) is 19.7 Å². The third-order valence-corrected chi connectivity index (χ3v) is 3.75. The number of nitro benzene ring substituents is 1. The molecule has 0 heterocycles. The van der Waals surface area contributed by atoms with Crippen LogP contribution in [0.3, 0.4) is 0 Å². The van der Waals surface area contributed by atoms with Gasteiger partial charge in [0.25, 0.3) is 5.69 Å². The smallest absolute Gasteiger partial charge is 0.271 e. The van der Waals surface area contributed by atoms with Crippen LogP contribution < -0.4 is 5.32 Å². The number of Topliss-reactive ketones (excluding diaryl/α,β-unsaturated/α-hetero) is 1. The van der Waals surface area contributed by atoms with Crippen molar-refractivity contribution in [1.82, 2.24) is 0 Å². The quantitative estimate of drug-likeness (QED) is 0.462. The average Bonchev–Trinajstić information content (AvgIpc) is 2.55. The summed E-state index contributed by atoms with van der Waals surface area (Å²) in [5.74, 6) is -0.593. The van der Waals surface area contributed by atoms with E-state index in [1.807, 2.05) is 0 Å². The first kappa shape index (κ1) is 17.9. The molecule has 0 bridgehead atoms. The molecular weight excluding hydrogens is 355 g/mol. The Bertz CT molecular complexity index is 791. The second-order valence-corrected chi connectivity index (χ2v) is 5.74. The maximum atomic E-state index is 12.0. The number of nitrogens with zero attached hydrogens (tertiary/aromatic N) is 1. The fraction of sp³-hybridized carbons (Fsp3) is 0.125. The molecule has 0 aliphatic heterocycles. The number of nitrogens with one attached hydrogen (secondary N) is 1. The number of benzene rings is 2. The molecule has 2 aromatic rings. The van der Waals surface area contributed by atoms with Gasteiger partial charge in [-0.3, -0.25) is 19.7 Å². The lowest BCUT2D eigenvalue weighted by molar-refractivity contribution is -0.384. The highest BCUT2D eigenvalue weighted by Crippen LogP contribution is 2.26. The summed E-state index contributed by atoms with van der Waals surface area (Å²) in [6.45, 7) is 0. The van der Waals surface area contributed by atoms with Crippen LogP contribution >= 0.6 is 23.2 Å². The van der Waals surface area contributed by atoms with Crippen LogP contribution in [0.5, 0.6) is 0 Å². The number of amides is 1. The lowest BCUT2D eigenvalue weighted by atomic mass is 10.1. The Balaban J connectivity index is 1.92. The van der Waals surface area contributed by atoms with Crippen molar-refractivity contribution in [1.29, 1.82) is 0 Å². The van der Waals surface area contributed by atoms with E-state index in [-0.39, 0.29) is 35.0 Å². The molecule has 124 valence electrons. The molecule has 1 N–H and O–H groups in total. The Morgan fingerprint density at radius 3 is 2.29 bits per heavy atom. The van der Waals surface area contributed by atoms with Gasteiger partial charge in [0, 0.05) is 35.6 Å². The van der Waals surface area contributed by atoms with Crippen LogP contribution in [0, 0.1) is 10.1 Å². The minimum absolute atomic E-state index is 0.0259. The zero-order chi connectivity index (χ0) is 17.7. The Labute approximate surface area is 147 Å². The first-order valence-corrected chi connectivity index (χ1v) is 7.65. The van der Waals surface area contributed by atoms with Crippen molar-refractivity contribution in [3.05, 3.63) is 68.2 Å². The summed E-state index contributed by atoms with van der Waals surface area (Å²) in [5, 5.41) is 13.7. The summed E-state index contributed by atoms with van der Waals surface area (Å²) < 4.78 is 0. The minimum atomic E-state index is -0.581. The molecule has 24 heavy (non-hydrogen) atoms. The average molecular weight is 367 g/mol. The number of carbonyl (C=O) groups is 2. The number of anilines is 1. The molecular formula is C16H12Cl2N2O4. The second kappa shape index (κ2) is 7.90. The normalized spacial score (nSPS) is 10.2. The second-order valence-electron chi connectivity index (χ2n) is 4.90. The number of non-ortho nitro benzene ring substituents is 1. The Kier molecular flexibility index (Phi) is 5.89. The molecule has 0 spiro atoms. The minimum Gasteiger partial charge on any atom is -0.325 e. The number of ketones is 1. The number of hydrogen-bond acceptors (Lipinski definition) is 4. The molecule has 2 aromatic carbocycles. The van der Waals surface area contributed by atoms with Gasteiger partial charge < -0.3 is 5.32 Å². The summed E-state index contributed by atoms with van der Waals surface area (Å²) in [6.07, 6.45) is -0.00710. The van der Waals surface area contributed by atoms with Gasteiger partial charge in [0.05, 0.1) is 15.6 Å². The van der Waals surface area contributed by atoms with E-state index in [0.717, 1.165) is 6.07 Å². The van der Waals surface area contributed by atoms with E-state index >= 15 is 0 Å². The van der Waals surface area contributed by atoms with Crippen LogP contribution in [0.15, 0.2) is 42.5 Å². The Hall–Kier alpha value is -2.44. The number of hydrogen-bond donors (Lipinski definition) is 1. The van der Waals surface area contributed by atoms with Crippen LogP contribution in [-0.4, -0.2) is 16.6 Å². The third kappa shape index (κ3) is 4.78. The zero-order valence-electron chi connectivity index (χ0n) is 12.3. The van der Waals surface area contributed by atoms with E-state index < -0.39 is 10.8 Å². The van der Waals surface area contributed by atoms with E-state index in [4.69, 9.17) is 23.2 Å². The fourth-order valence-electron chi connectivity index (χ4n) is 1.94. The van der Waals surface area contributed by atoms with Gasteiger partial charge >= 0.3 is 0 Å². The first-order valence-electron chi connectivity index (χ1n) is 6.89. The van der Waals surface area contributed by atoms with E-state index in [1.165, 1.54) is 12.1 Å². The molecule has 2 rings (SSSR count). The molecule has 0 aromatic heterocycles. The van der Waals surface area contributed by atoms with E-state index in [2.05, 4.69) is 5.32 Å². The van der Waals surface area contributed by atoms with Crippen molar-refractivity contribution in [3.8, 4) is 0 Å². The molecule has 0 radical (unpaired) electrons. The zero-order valence-corrected chi connectivity index (χ0v) is 13.8. The van der Waals surface area contributed by atoms with Gasteiger partial charge in [-0.25, -0.2) is 0 Å². The van der Waals surface area contributed by atoms with Crippen LogP contribution in [0.2, 0.25) is 10.0 Å². The number of rotatable bonds is 6. The predicted molar refractivity (Wildman–Crippen MR) is 91.8 cm³/mol. The van der Waals surface area contributed by atoms with Crippen LogP contribution in [0.25, 0.3) is 0 Å². The number of halogens is 2. The maximum absolute atomic E-state index is 12.0. The fourth-order valence-corrected chi connectivity index (χ4v) is 2.29. The largest absolute Gasteiger partial charge is 0.325 e. The molecule has 0 saturated carbocycles. The summed E-state index contributed by atoms with van der Waals surface area (Å²) in [6, 6.07) is 10.1. The standard InChI is InChI=1S/C16H12Cl2N2O4/c17-11-3-1-10(2-4-11)15(21)7-8-16(22)19-14-6-5-12(20(23)24)9-13(14)18/h1-6,9H,7-8H2,(H,19,22). The maximum Gasteiger partial charge on any atom is 0.271 e. The molecule has 6 nitrogen and oxygen atoms in total. The van der Waals surface area contributed by atoms with Crippen LogP contribution in [-0.2, 0) is 4.79 Å². The Morgan fingerprint density at radius 2 is 1.71 bits per heavy atom. The van der Waals surface area contributed by atoms with Crippen molar-refractivity contribution in [2.75, 3.05) is 5.32 Å². The predicted octanol–water partition coefficient (Wildman–Crippen LogP) is 4.50. The number of carbonyl (C=O) groups excluding carboxylic acids is 2. The number of nitro groups is 1. The summed E-state index contributed by atoms with van der Waals surface area (Å²) >= 11 is 11.6. The van der Waals surface area contributed by atoms with Gasteiger partial charge in [-0.2, -0.15) is 0 Å². The SMILES string of the molecule is O=C(CCC(=O)c1ccc(Cl)cc1)Nc1ccc([N+](=O)[O-])cc1Cl. The van der Waals surface area contributed by atoms with E-state index in [0.29, 0.717) is 10.6 Å². The third-order valence-electron chi connectivity index (χ3n) is 3.18. The lowest BCUT2D eigenvalue weighted by Crippen LogP contribution is -2.13. The highest BCUT2D eigenvalue weighted by atomic mass is 35.5. The van der Waals surface area contributed by atoms with Gasteiger partial charge in [-0.15, -0.1) is 0 Å². The first-order chi connectivity index (χ1) is 11.4. The summed E-state index contributed by atoms with van der Waals surface area (Å²) in [5.41, 5.74) is 0.558. The highest BCUT2D eigenvalue weighted by Gasteiger charge is 2.13. The van der Waals surface area contributed by atoms with Crippen LogP contribution in [0.1, 0.15) is 23.2 Å². The van der Waals surface area contributed by atoms with Crippen molar-refractivity contribution in [2.24, 2.45) is 0 Å². The van der Waals surface area contributed by atoms with Gasteiger partial charge in [-0.05, 0) is 30.3 Å². The van der Waals surface area contributed by atoms with E-state index in [1.54, 1.807) is 24.3 Å². The Morgan fingerprint density at radius 1 is 1.04 bits per heavy atom. The topological polar surface area (TPSA) is 89.3 Å². The molecule has 0 saturated heterocycles. The summed E-state index contributed by atoms with van der Waals surface area (Å²) in [4.78, 5) is 33.9. The highest BCUT2D eigenvalue weighted by molar-refractivity contribution is 6.34. The molecule has 8 heteroatoms. The molecule has 1 amide bonds. The van der Waals surface area contributed by atoms with Gasteiger partial charge in [0.15, 0.2) is 5.78 Å². The van der Waals surface area contributed by atoms with Crippen molar-refractivity contribution in [3.63, 3.8) is 0 Å². The van der Waals surface area contributed by atoms with Gasteiger partial charge in [-0.1, -0.05) is 23.2 Å². The molecule has 0 atom stereocenters. The monoisotopic (exact) mass is 366 g/mol. The van der Waals surface area contributed by atoms with Gasteiger partial charge in [0.1, 0.15) is 0 Å². The summed E-state index contributed by atoms with van der Waals surface area (Å²) in [7, 11) is 0. The lowest BCUT2D eigenvalue weighted by Gasteiger charge is -2.07. The molecule has 0 aliphatic rings. The molecule has 0 fully saturated rings. The van der Waals surface area contributed by atoms with Crippen LogP contribution in [0.4, 0.5) is 11.4 Å². The van der Waals surface area contributed by atoms with Gasteiger partial charge in [0.2, 0.25) is 5.91 Å². The molecule has 0 aliphatic carbocycles. The van der Waals surface area contributed by atoms with Crippen molar-refractivity contribution >= 4 is 46.3 Å².